The van der Waals surface area contributed by atoms with Crippen molar-refractivity contribution < 1.29 is 13.0 Å². The second-order valence-corrected chi connectivity index (χ2v) is 7.83. The summed E-state index contributed by atoms with van der Waals surface area (Å²) in [4.78, 5) is -0.0666. The van der Waals surface area contributed by atoms with Crippen molar-refractivity contribution in [1.29, 1.82) is 0 Å². The van der Waals surface area contributed by atoms with Crippen LogP contribution in [0.25, 0.3) is 0 Å². The summed E-state index contributed by atoms with van der Waals surface area (Å²) in [6, 6.07) is 7.09. The average Bonchev–Trinajstić information content (AvgIpc) is 3.08. The molecule has 4 unspecified atom stereocenters. The molecule has 0 aromatic heterocycles. The highest BCUT2D eigenvalue weighted by Gasteiger charge is 2.43. The van der Waals surface area contributed by atoms with Gasteiger partial charge in [-0.15, -0.1) is 0 Å². The summed E-state index contributed by atoms with van der Waals surface area (Å²) < 4.78 is 29.6. The van der Waals surface area contributed by atoms with Crippen LogP contribution in [0.4, 0.5) is 0 Å². The maximum Gasteiger partial charge on any atom is 0.294 e. The van der Waals surface area contributed by atoms with Gasteiger partial charge in [-0.05, 0) is 31.6 Å². The Morgan fingerprint density at radius 3 is 2.58 bits per heavy atom. The van der Waals surface area contributed by atoms with Gasteiger partial charge in [-0.1, -0.05) is 42.0 Å². The lowest BCUT2D eigenvalue weighted by Gasteiger charge is -2.22. The van der Waals surface area contributed by atoms with Crippen LogP contribution in [0.5, 0.6) is 0 Å². The van der Waals surface area contributed by atoms with Crippen molar-refractivity contribution in [2.75, 3.05) is 0 Å². The summed E-state index contributed by atoms with van der Waals surface area (Å²) in [6.45, 7) is 1.84. The van der Waals surface area contributed by atoms with Crippen LogP contribution in [-0.4, -0.2) is 25.1 Å². The molecule has 1 aromatic rings. The predicted octanol–water partition coefficient (Wildman–Crippen LogP) is 2.17. The van der Waals surface area contributed by atoms with Crippen LogP contribution in [0, 0.1) is 18.8 Å². The zero-order chi connectivity index (χ0) is 17.3. The van der Waals surface area contributed by atoms with E-state index in [-0.39, 0.29) is 4.90 Å². The first-order valence-electron chi connectivity index (χ1n) is 7.97. The van der Waals surface area contributed by atoms with E-state index in [4.69, 9.17) is 10.3 Å². The lowest BCUT2D eigenvalue weighted by molar-refractivity contribution is 0.483. The SMILES string of the molecule is Cc1ccc(S(=O)(=O)O)cc1.NC1=CC=CC2NC3CC=CC3C12. The second kappa shape index (κ2) is 6.55. The van der Waals surface area contributed by atoms with Gasteiger partial charge in [0.1, 0.15) is 0 Å². The van der Waals surface area contributed by atoms with Gasteiger partial charge in [-0.3, -0.25) is 4.55 Å². The molecular formula is C18H22N2O3S. The summed E-state index contributed by atoms with van der Waals surface area (Å²) in [7, 11) is -4.02. The zero-order valence-electron chi connectivity index (χ0n) is 13.5. The number of hydrogen-bond donors (Lipinski definition) is 3. The van der Waals surface area contributed by atoms with E-state index >= 15 is 0 Å². The average molecular weight is 346 g/mol. The minimum Gasteiger partial charge on any atom is -0.402 e. The number of rotatable bonds is 1. The van der Waals surface area contributed by atoms with Crippen LogP contribution < -0.4 is 11.1 Å². The van der Waals surface area contributed by atoms with Crippen LogP contribution in [-0.2, 0) is 10.1 Å². The Kier molecular flexibility index (Phi) is 4.62. The summed E-state index contributed by atoms with van der Waals surface area (Å²) in [6.07, 6.45) is 12.1. The van der Waals surface area contributed by atoms with Crippen LogP contribution in [0.3, 0.4) is 0 Å². The second-order valence-electron chi connectivity index (χ2n) is 6.41. The molecule has 128 valence electrons. The van der Waals surface area contributed by atoms with Crippen molar-refractivity contribution >= 4 is 10.1 Å². The number of fused-ring (bicyclic) bond motifs is 3. The minimum atomic E-state index is -4.02. The molecule has 0 saturated carbocycles. The third-order valence-electron chi connectivity index (χ3n) is 4.73. The first kappa shape index (κ1) is 17.0. The fourth-order valence-corrected chi connectivity index (χ4v) is 4.01. The largest absolute Gasteiger partial charge is 0.402 e. The van der Waals surface area contributed by atoms with E-state index in [1.54, 1.807) is 12.1 Å². The number of benzene rings is 1. The van der Waals surface area contributed by atoms with E-state index in [0.29, 0.717) is 23.9 Å². The van der Waals surface area contributed by atoms with E-state index < -0.39 is 10.1 Å². The molecule has 4 atom stereocenters. The molecule has 1 fully saturated rings. The molecule has 0 spiro atoms. The van der Waals surface area contributed by atoms with Crippen molar-refractivity contribution in [2.24, 2.45) is 17.6 Å². The van der Waals surface area contributed by atoms with Gasteiger partial charge >= 0.3 is 0 Å². The van der Waals surface area contributed by atoms with Gasteiger partial charge in [-0.2, -0.15) is 8.42 Å². The van der Waals surface area contributed by atoms with Crippen molar-refractivity contribution in [3.8, 4) is 0 Å². The van der Waals surface area contributed by atoms with E-state index in [1.807, 2.05) is 13.0 Å². The Hall–Kier alpha value is -1.89. The summed E-state index contributed by atoms with van der Waals surface area (Å²) in [5, 5.41) is 3.62. The maximum atomic E-state index is 10.5. The summed E-state index contributed by atoms with van der Waals surface area (Å²) >= 11 is 0. The Morgan fingerprint density at radius 2 is 1.92 bits per heavy atom. The Bertz CT molecular complexity index is 794. The number of nitrogens with one attached hydrogen (secondary N) is 1. The predicted molar refractivity (Wildman–Crippen MR) is 93.9 cm³/mol. The van der Waals surface area contributed by atoms with Gasteiger partial charge in [0.2, 0.25) is 0 Å². The van der Waals surface area contributed by atoms with E-state index in [2.05, 4.69) is 29.6 Å². The van der Waals surface area contributed by atoms with E-state index in [1.165, 1.54) is 18.6 Å². The Balaban J connectivity index is 0.000000144. The quantitative estimate of drug-likeness (QED) is 0.535. The molecule has 4 N–H and O–H groups in total. The number of allylic oxidation sites excluding steroid dienone is 2. The van der Waals surface area contributed by atoms with Gasteiger partial charge in [0.05, 0.1) is 4.90 Å². The molecule has 1 saturated heterocycles. The van der Waals surface area contributed by atoms with Crippen molar-refractivity contribution in [3.63, 3.8) is 0 Å². The van der Waals surface area contributed by atoms with E-state index in [9.17, 15) is 8.42 Å². The van der Waals surface area contributed by atoms with Crippen molar-refractivity contribution in [2.45, 2.75) is 30.3 Å². The lowest BCUT2D eigenvalue weighted by atomic mass is 9.84. The lowest BCUT2D eigenvalue weighted by Crippen LogP contribution is -2.32. The standard InChI is InChI=1S/C11H14N2.C7H8O3S/c12-8-4-2-6-10-11(8)7-3-1-5-9(7)13-10;1-6-2-4-7(5-3-6)11(8,9)10/h1-4,6-7,9-11,13H,5,12H2;2-5H,1H3,(H,8,9,10). The molecule has 24 heavy (non-hydrogen) atoms. The maximum absolute atomic E-state index is 10.5. The van der Waals surface area contributed by atoms with Gasteiger partial charge in [0, 0.05) is 29.6 Å². The van der Waals surface area contributed by atoms with Crippen LogP contribution in [0.2, 0.25) is 0 Å². The molecule has 1 aliphatic heterocycles. The van der Waals surface area contributed by atoms with Gasteiger partial charge in [0.25, 0.3) is 10.1 Å². The topological polar surface area (TPSA) is 92.4 Å². The highest BCUT2D eigenvalue weighted by Crippen LogP contribution is 2.39. The van der Waals surface area contributed by atoms with Crippen molar-refractivity contribution in [3.05, 3.63) is 65.9 Å². The molecule has 6 heteroatoms. The fraction of sp³-hybridized carbons (Fsp3) is 0.333. The van der Waals surface area contributed by atoms with Gasteiger partial charge in [0.15, 0.2) is 0 Å². The zero-order valence-corrected chi connectivity index (χ0v) is 14.3. The third kappa shape index (κ3) is 3.45. The van der Waals surface area contributed by atoms with Crippen LogP contribution in [0.1, 0.15) is 12.0 Å². The normalized spacial score (nSPS) is 30.2. The smallest absolute Gasteiger partial charge is 0.294 e. The molecule has 2 aliphatic carbocycles. The number of aryl methyl sites for hydroxylation is 1. The molecule has 0 amide bonds. The number of nitrogens with two attached hydrogens (primary N) is 1. The molecule has 4 rings (SSSR count). The van der Waals surface area contributed by atoms with Gasteiger partial charge < -0.3 is 11.1 Å². The highest BCUT2D eigenvalue weighted by molar-refractivity contribution is 7.85. The van der Waals surface area contributed by atoms with Gasteiger partial charge in [-0.25, -0.2) is 0 Å². The van der Waals surface area contributed by atoms with E-state index in [0.717, 1.165) is 11.3 Å². The first-order chi connectivity index (χ1) is 11.4. The molecule has 0 radical (unpaired) electrons. The summed E-state index contributed by atoms with van der Waals surface area (Å²) in [5.41, 5.74) is 8.01. The first-order valence-corrected chi connectivity index (χ1v) is 9.41. The minimum absolute atomic E-state index is 0.0666. The number of hydrogen-bond acceptors (Lipinski definition) is 4. The van der Waals surface area contributed by atoms with Crippen LogP contribution >= 0.6 is 0 Å². The molecule has 1 aromatic carbocycles. The Morgan fingerprint density at radius 1 is 1.21 bits per heavy atom. The Labute approximate surface area is 142 Å². The summed E-state index contributed by atoms with van der Waals surface area (Å²) in [5.74, 6) is 1.14. The van der Waals surface area contributed by atoms with Crippen LogP contribution in [0.15, 0.2) is 65.2 Å². The van der Waals surface area contributed by atoms with Crippen molar-refractivity contribution in [1.82, 2.24) is 5.32 Å². The fourth-order valence-electron chi connectivity index (χ4n) is 3.53. The molecule has 3 aliphatic rings. The monoisotopic (exact) mass is 346 g/mol. The molecule has 5 nitrogen and oxygen atoms in total. The molecular weight excluding hydrogens is 324 g/mol. The molecule has 0 bridgehead atoms. The third-order valence-corrected chi connectivity index (χ3v) is 5.60. The molecule has 1 heterocycles. The highest BCUT2D eigenvalue weighted by atomic mass is 32.2.